The van der Waals surface area contributed by atoms with Crippen LogP contribution in [0.5, 0.6) is 0 Å². The number of pyridine rings is 2. The minimum atomic E-state index is -0.358. The van der Waals surface area contributed by atoms with Crippen molar-refractivity contribution in [3.05, 3.63) is 82.3 Å². The Balaban J connectivity index is 0.000000162. The highest BCUT2D eigenvalue weighted by Gasteiger charge is 2.38. The molecule has 6 heterocycles. The number of carbonyl (C=O) groups excluding carboxylic acids is 2. The molecule has 272 valence electrons. The van der Waals surface area contributed by atoms with E-state index in [0.29, 0.717) is 52.6 Å². The van der Waals surface area contributed by atoms with Gasteiger partial charge in [0.25, 0.3) is 0 Å². The van der Waals surface area contributed by atoms with E-state index in [1.165, 1.54) is 86.9 Å². The zero-order valence-electron chi connectivity index (χ0n) is 29.3. The van der Waals surface area contributed by atoms with Crippen molar-refractivity contribution in [2.75, 3.05) is 10.6 Å². The summed E-state index contributed by atoms with van der Waals surface area (Å²) in [5.74, 6) is 1.73. The number of hydrogen-bond donors (Lipinski definition) is 4. The van der Waals surface area contributed by atoms with Gasteiger partial charge in [0.05, 0.1) is 0 Å². The largest absolute Gasteiger partial charge is 0.340 e. The van der Waals surface area contributed by atoms with Gasteiger partial charge in [0.15, 0.2) is 10.3 Å². The monoisotopic (exact) mass is 738 g/mol. The number of nitrogens with one attached hydrogen (secondary N) is 4. The lowest BCUT2D eigenvalue weighted by molar-refractivity contribution is -0.121. The number of amides is 2. The third kappa shape index (κ3) is 8.39. The summed E-state index contributed by atoms with van der Waals surface area (Å²) in [5, 5.41) is 28.0. The van der Waals surface area contributed by atoms with Gasteiger partial charge in [-0.1, -0.05) is 70.3 Å². The van der Waals surface area contributed by atoms with Gasteiger partial charge in [0.1, 0.15) is 29.4 Å². The molecule has 0 aromatic carbocycles. The predicted octanol–water partition coefficient (Wildman–Crippen LogP) is 7.31. The molecule has 14 heteroatoms. The Kier molecular flexibility index (Phi) is 11.6. The first-order valence-electron chi connectivity index (χ1n) is 18.4. The molecule has 2 saturated carbocycles. The van der Waals surface area contributed by atoms with Gasteiger partial charge >= 0.3 is 0 Å². The maximum Gasteiger partial charge on any atom is 0.248 e. The summed E-state index contributed by atoms with van der Waals surface area (Å²) in [6.45, 7) is 1.17. The van der Waals surface area contributed by atoms with E-state index in [-0.39, 0.29) is 23.9 Å². The van der Waals surface area contributed by atoms with Crippen LogP contribution >= 0.6 is 22.7 Å². The summed E-state index contributed by atoms with van der Waals surface area (Å²) in [6, 6.07) is 5.13. The average Bonchev–Trinajstić information content (AvgIpc) is 4.00. The molecule has 4 aromatic rings. The maximum atomic E-state index is 13.1. The Morgan fingerprint density at radius 1 is 0.712 bits per heavy atom. The number of fused-ring (bicyclic) bond motifs is 2. The number of nitrogens with zero attached hydrogens (tertiary/aromatic N) is 6. The van der Waals surface area contributed by atoms with E-state index in [9.17, 15) is 9.59 Å². The molecule has 2 atom stereocenters. The molecule has 0 radical (unpaired) electrons. The quantitative estimate of drug-likeness (QED) is 0.132. The Morgan fingerprint density at radius 3 is 1.79 bits per heavy atom. The molecule has 4 aliphatic rings. The first-order valence-corrected chi connectivity index (χ1v) is 20.2. The van der Waals surface area contributed by atoms with Crippen LogP contribution in [0.25, 0.3) is 0 Å². The van der Waals surface area contributed by atoms with Crippen LogP contribution in [0.1, 0.15) is 99.4 Å². The zero-order valence-corrected chi connectivity index (χ0v) is 30.9. The van der Waals surface area contributed by atoms with Crippen LogP contribution in [-0.2, 0) is 22.7 Å². The summed E-state index contributed by atoms with van der Waals surface area (Å²) in [6.07, 6.45) is 22.4. The molecule has 12 nitrogen and oxygen atoms in total. The summed E-state index contributed by atoms with van der Waals surface area (Å²) in [4.78, 5) is 46.8. The van der Waals surface area contributed by atoms with Gasteiger partial charge < -0.3 is 20.4 Å². The number of hydrogen-bond acceptors (Lipinski definition) is 10. The van der Waals surface area contributed by atoms with Gasteiger partial charge in [-0.3, -0.25) is 30.4 Å². The van der Waals surface area contributed by atoms with Crippen molar-refractivity contribution in [3.63, 3.8) is 0 Å². The van der Waals surface area contributed by atoms with Gasteiger partial charge in [0, 0.05) is 66.0 Å². The van der Waals surface area contributed by atoms with Gasteiger partial charge in [-0.05, 0) is 42.4 Å². The van der Waals surface area contributed by atoms with Crippen LogP contribution in [0.2, 0.25) is 0 Å². The van der Waals surface area contributed by atoms with Gasteiger partial charge in [-0.2, -0.15) is 0 Å². The fraction of sp³-hybridized carbons (Fsp3) is 0.474. The number of rotatable bonds is 10. The van der Waals surface area contributed by atoms with Crippen LogP contribution in [0, 0.1) is 22.7 Å². The molecule has 4 aromatic heterocycles. The highest BCUT2D eigenvalue weighted by atomic mass is 32.1. The molecule has 2 amide bonds. The maximum absolute atomic E-state index is 13.1. The lowest BCUT2D eigenvalue weighted by Crippen LogP contribution is -2.45. The molecule has 4 N–H and O–H groups in total. The molecule has 2 aliphatic heterocycles. The minimum absolute atomic E-state index is 0.0592. The normalized spacial score (nSPS) is 18.6. The number of thiazole rings is 2. The summed E-state index contributed by atoms with van der Waals surface area (Å²) < 4.78 is 0. The van der Waals surface area contributed by atoms with Crippen molar-refractivity contribution in [2.24, 2.45) is 11.8 Å². The van der Waals surface area contributed by atoms with Crippen molar-refractivity contribution in [2.45, 2.75) is 102 Å². The van der Waals surface area contributed by atoms with E-state index in [2.05, 4.69) is 30.6 Å². The first kappa shape index (κ1) is 35.8. The van der Waals surface area contributed by atoms with Crippen LogP contribution in [0.15, 0.2) is 59.9 Å². The lowest BCUT2D eigenvalue weighted by atomic mass is 9.84. The summed E-state index contributed by atoms with van der Waals surface area (Å²) in [7, 11) is 0. The summed E-state index contributed by atoms with van der Waals surface area (Å²) in [5.41, 5.74) is 3.63. The number of carbonyl (C=O) groups is 2. The molecule has 0 saturated heterocycles. The van der Waals surface area contributed by atoms with Crippen molar-refractivity contribution in [1.82, 2.24) is 29.7 Å². The minimum Gasteiger partial charge on any atom is -0.340 e. The molecule has 0 spiro atoms. The predicted molar refractivity (Wildman–Crippen MR) is 205 cm³/mol. The van der Waals surface area contributed by atoms with Crippen LogP contribution in [0.3, 0.4) is 0 Å². The fourth-order valence-corrected chi connectivity index (χ4v) is 9.14. The average molecular weight is 739 g/mol. The molecular weight excluding hydrogens is 693 g/mol. The molecular formula is C38H46N10O2S2. The van der Waals surface area contributed by atoms with Crippen LogP contribution < -0.4 is 10.6 Å². The van der Waals surface area contributed by atoms with Gasteiger partial charge in [0.2, 0.25) is 11.8 Å². The Bertz CT molecular complexity index is 1700. The Hall–Kier alpha value is -4.56. The number of aromatic nitrogens is 4. The molecule has 2 fully saturated rings. The Labute approximate surface area is 312 Å². The van der Waals surface area contributed by atoms with Crippen LogP contribution in [0.4, 0.5) is 10.3 Å². The van der Waals surface area contributed by atoms with Gasteiger partial charge in [-0.15, -0.1) is 22.7 Å². The number of anilines is 2. The van der Waals surface area contributed by atoms with E-state index in [0.717, 1.165) is 29.5 Å². The Morgan fingerprint density at radius 2 is 1.27 bits per heavy atom. The third-order valence-electron chi connectivity index (χ3n) is 10.8. The van der Waals surface area contributed by atoms with Crippen molar-refractivity contribution in [3.8, 4) is 0 Å². The lowest BCUT2D eigenvalue weighted by Gasteiger charge is -2.32. The van der Waals surface area contributed by atoms with E-state index in [1.807, 2.05) is 38.8 Å². The topological polar surface area (TPSA) is 164 Å². The molecule has 52 heavy (non-hydrogen) atoms. The van der Waals surface area contributed by atoms with E-state index in [1.54, 1.807) is 31.0 Å². The van der Waals surface area contributed by atoms with Crippen molar-refractivity contribution in [1.29, 1.82) is 10.8 Å². The smallest absolute Gasteiger partial charge is 0.248 e. The fourth-order valence-electron chi connectivity index (χ4n) is 8.08. The standard InChI is InChI=1S/2C19H23N5OS/c20-17-16-14(7-4-8-21-16)12-24(17)15(11-13-5-2-1-3-6-13)18(25)23-19-22-9-10-26-19;20-17-15-11-21-7-6-14(15)12-24(17)16(10-13-4-2-1-3-5-13)18(25)23-19-22-8-9-26-19/h4,7-10,13,15,20H,1-3,5-6,11-12H2,(H,22,23,25);6-9,11,13,16,20H,1-5,10,12H2,(H,22,23,25). The molecule has 8 rings (SSSR count). The highest BCUT2D eigenvalue weighted by Crippen LogP contribution is 2.34. The van der Waals surface area contributed by atoms with Crippen molar-refractivity contribution < 1.29 is 9.59 Å². The first-order chi connectivity index (χ1) is 25.4. The molecule has 2 unspecified atom stereocenters. The molecule has 0 bridgehead atoms. The van der Waals surface area contributed by atoms with Crippen molar-refractivity contribution >= 4 is 56.4 Å². The molecule has 2 aliphatic carbocycles. The summed E-state index contributed by atoms with van der Waals surface area (Å²) >= 11 is 2.84. The SMILES string of the molecule is N=C1c2cnccc2CN1C(CC1CCCCC1)C(=O)Nc1nccs1.N=C1c2ncccc2CN1C(CC1CCCCC1)C(=O)Nc1nccs1. The van der Waals surface area contributed by atoms with E-state index >= 15 is 0 Å². The van der Waals surface area contributed by atoms with Gasteiger partial charge in [-0.25, -0.2) is 9.97 Å². The second-order valence-corrected chi connectivity index (χ2v) is 16.0. The number of amidine groups is 2. The second kappa shape index (κ2) is 16.8. The zero-order chi connectivity index (χ0) is 35.9. The van der Waals surface area contributed by atoms with E-state index < -0.39 is 0 Å². The van der Waals surface area contributed by atoms with E-state index in [4.69, 9.17) is 10.8 Å². The second-order valence-electron chi connectivity index (χ2n) is 14.2. The van der Waals surface area contributed by atoms with Crippen LogP contribution in [-0.4, -0.2) is 65.3 Å². The highest BCUT2D eigenvalue weighted by molar-refractivity contribution is 7.14. The third-order valence-corrected chi connectivity index (χ3v) is 12.2.